The molecule has 0 aliphatic rings. The Bertz CT molecular complexity index is 878. The van der Waals surface area contributed by atoms with Crippen molar-refractivity contribution >= 4 is 17.1 Å². The van der Waals surface area contributed by atoms with Gasteiger partial charge in [-0.3, -0.25) is 0 Å². The normalized spacial score (nSPS) is 11.0. The molecule has 23 heavy (non-hydrogen) atoms. The van der Waals surface area contributed by atoms with Crippen LogP contribution in [0.4, 0.5) is 6.01 Å². The zero-order valence-corrected chi connectivity index (χ0v) is 12.5. The van der Waals surface area contributed by atoms with Crippen LogP contribution in [0.15, 0.2) is 71.4 Å². The summed E-state index contributed by atoms with van der Waals surface area (Å²) in [5, 5.41) is 3.20. The van der Waals surface area contributed by atoms with Crippen LogP contribution in [0.3, 0.4) is 0 Å². The molecule has 0 aliphatic heterocycles. The summed E-state index contributed by atoms with van der Waals surface area (Å²) < 4.78 is 7.78. The van der Waals surface area contributed by atoms with Crippen LogP contribution in [0.2, 0.25) is 0 Å². The van der Waals surface area contributed by atoms with Crippen LogP contribution < -0.4 is 5.32 Å². The van der Waals surface area contributed by atoms with E-state index in [4.69, 9.17) is 4.42 Å². The summed E-state index contributed by atoms with van der Waals surface area (Å²) in [6.07, 6.45) is 3.79. The third kappa shape index (κ3) is 2.94. The summed E-state index contributed by atoms with van der Waals surface area (Å²) in [5.41, 5.74) is 2.87. The lowest BCUT2D eigenvalue weighted by molar-refractivity contribution is 0.609. The molecule has 0 saturated heterocycles. The Hall–Kier alpha value is -3.08. The van der Waals surface area contributed by atoms with Crippen molar-refractivity contribution in [1.29, 1.82) is 0 Å². The number of oxazole rings is 1. The fourth-order valence-electron chi connectivity index (χ4n) is 2.53. The molecule has 2 aromatic carbocycles. The van der Waals surface area contributed by atoms with E-state index in [0.29, 0.717) is 12.6 Å². The van der Waals surface area contributed by atoms with Crippen molar-refractivity contribution in [1.82, 2.24) is 14.5 Å². The first kappa shape index (κ1) is 13.6. The lowest BCUT2D eigenvalue weighted by Crippen LogP contribution is -2.09. The molecule has 0 saturated carbocycles. The second kappa shape index (κ2) is 5.96. The monoisotopic (exact) mass is 304 g/mol. The van der Waals surface area contributed by atoms with E-state index >= 15 is 0 Å². The van der Waals surface area contributed by atoms with Gasteiger partial charge in [0, 0.05) is 18.9 Å². The van der Waals surface area contributed by atoms with Crippen LogP contribution >= 0.6 is 0 Å². The maximum absolute atomic E-state index is 5.67. The summed E-state index contributed by atoms with van der Waals surface area (Å²) >= 11 is 0. The molecule has 0 fully saturated rings. The van der Waals surface area contributed by atoms with E-state index < -0.39 is 0 Å². The average Bonchev–Trinajstić information content (AvgIpc) is 3.20. The summed E-state index contributed by atoms with van der Waals surface area (Å²) in [5.74, 6) is 0.941. The van der Waals surface area contributed by atoms with Gasteiger partial charge < -0.3 is 14.3 Å². The van der Waals surface area contributed by atoms with Crippen LogP contribution in [0.5, 0.6) is 0 Å². The second-order valence-corrected chi connectivity index (χ2v) is 5.30. The van der Waals surface area contributed by atoms with Crippen molar-refractivity contribution in [3.05, 3.63) is 78.4 Å². The van der Waals surface area contributed by atoms with Crippen molar-refractivity contribution in [3.8, 4) is 0 Å². The first-order chi connectivity index (χ1) is 11.4. The van der Waals surface area contributed by atoms with Crippen LogP contribution in [0.1, 0.15) is 11.4 Å². The predicted octanol–water partition coefficient (Wildman–Crippen LogP) is 3.68. The van der Waals surface area contributed by atoms with E-state index in [1.54, 1.807) is 0 Å². The van der Waals surface area contributed by atoms with Gasteiger partial charge in [0.05, 0.1) is 6.54 Å². The third-order valence-electron chi connectivity index (χ3n) is 3.69. The number of para-hydroxylation sites is 2. The Morgan fingerprint density at radius 1 is 1.00 bits per heavy atom. The molecule has 4 aromatic rings. The molecule has 0 unspecified atom stereocenters. The molecule has 0 atom stereocenters. The number of rotatable bonds is 5. The standard InChI is InChI=1S/C18H16N4O/c1-2-6-14(7-3-1)13-22-11-10-19-17(22)12-20-18-21-15-8-4-5-9-16(15)23-18/h1-11H,12-13H2,(H,20,21). The Morgan fingerprint density at radius 3 is 2.70 bits per heavy atom. The van der Waals surface area contributed by atoms with Gasteiger partial charge in [-0.15, -0.1) is 0 Å². The fourth-order valence-corrected chi connectivity index (χ4v) is 2.53. The van der Waals surface area contributed by atoms with E-state index in [2.05, 4.69) is 32.0 Å². The number of imidazole rings is 1. The minimum absolute atomic E-state index is 0.514. The number of aromatic nitrogens is 3. The summed E-state index contributed by atoms with van der Waals surface area (Å²) in [7, 11) is 0. The van der Waals surface area contributed by atoms with Gasteiger partial charge in [0.15, 0.2) is 5.58 Å². The SMILES string of the molecule is c1ccc(Cn2ccnc2CNc2nc3ccccc3o2)cc1. The molecule has 2 heterocycles. The summed E-state index contributed by atoms with van der Waals surface area (Å²) in [6.45, 7) is 1.36. The fraction of sp³-hybridized carbons (Fsp3) is 0.111. The number of fused-ring (bicyclic) bond motifs is 1. The zero-order valence-electron chi connectivity index (χ0n) is 12.5. The number of benzene rings is 2. The lowest BCUT2D eigenvalue weighted by atomic mass is 10.2. The van der Waals surface area contributed by atoms with Crippen molar-refractivity contribution in [2.45, 2.75) is 13.1 Å². The molecule has 114 valence electrons. The highest BCUT2D eigenvalue weighted by molar-refractivity contribution is 5.74. The van der Waals surface area contributed by atoms with Crippen molar-refractivity contribution < 1.29 is 4.42 Å². The molecule has 0 bridgehead atoms. The van der Waals surface area contributed by atoms with Gasteiger partial charge >= 0.3 is 0 Å². The number of hydrogen-bond donors (Lipinski definition) is 1. The quantitative estimate of drug-likeness (QED) is 0.611. The molecule has 5 heteroatoms. The van der Waals surface area contributed by atoms with Gasteiger partial charge in [-0.05, 0) is 17.7 Å². The Balaban J connectivity index is 1.48. The molecule has 4 rings (SSSR count). The average molecular weight is 304 g/mol. The van der Waals surface area contributed by atoms with Gasteiger partial charge in [-0.25, -0.2) is 4.98 Å². The van der Waals surface area contributed by atoms with E-state index in [9.17, 15) is 0 Å². The number of anilines is 1. The Labute approximate surface area is 133 Å². The lowest BCUT2D eigenvalue weighted by Gasteiger charge is -2.08. The Morgan fingerprint density at radius 2 is 1.83 bits per heavy atom. The van der Waals surface area contributed by atoms with Crippen molar-refractivity contribution in [2.75, 3.05) is 5.32 Å². The molecule has 0 radical (unpaired) electrons. The van der Waals surface area contributed by atoms with Crippen LogP contribution in [-0.2, 0) is 13.1 Å². The van der Waals surface area contributed by atoms with Gasteiger partial charge in [-0.1, -0.05) is 42.5 Å². The molecule has 0 amide bonds. The topological polar surface area (TPSA) is 55.9 Å². The van der Waals surface area contributed by atoms with E-state index in [0.717, 1.165) is 23.5 Å². The highest BCUT2D eigenvalue weighted by Crippen LogP contribution is 2.18. The van der Waals surface area contributed by atoms with Gasteiger partial charge in [0.25, 0.3) is 6.01 Å². The van der Waals surface area contributed by atoms with Crippen molar-refractivity contribution in [2.24, 2.45) is 0 Å². The van der Waals surface area contributed by atoms with E-state index in [-0.39, 0.29) is 0 Å². The highest BCUT2D eigenvalue weighted by atomic mass is 16.4. The van der Waals surface area contributed by atoms with Gasteiger partial charge in [0.2, 0.25) is 0 Å². The van der Waals surface area contributed by atoms with Crippen LogP contribution in [-0.4, -0.2) is 14.5 Å². The predicted molar refractivity (Wildman–Crippen MR) is 89.1 cm³/mol. The summed E-state index contributed by atoms with van der Waals surface area (Å²) in [6, 6.07) is 18.6. The number of nitrogens with zero attached hydrogens (tertiary/aromatic N) is 3. The van der Waals surface area contributed by atoms with E-state index in [1.165, 1.54) is 5.56 Å². The summed E-state index contributed by atoms with van der Waals surface area (Å²) in [4.78, 5) is 8.82. The molecule has 0 aliphatic carbocycles. The smallest absolute Gasteiger partial charge is 0.296 e. The third-order valence-corrected chi connectivity index (χ3v) is 3.69. The Kier molecular flexibility index (Phi) is 3.52. The van der Waals surface area contributed by atoms with Crippen LogP contribution in [0.25, 0.3) is 11.1 Å². The molecule has 1 N–H and O–H groups in total. The molecule has 2 aromatic heterocycles. The maximum Gasteiger partial charge on any atom is 0.296 e. The second-order valence-electron chi connectivity index (χ2n) is 5.30. The van der Waals surface area contributed by atoms with Gasteiger partial charge in [-0.2, -0.15) is 4.98 Å². The molecular formula is C18H16N4O. The van der Waals surface area contributed by atoms with Gasteiger partial charge in [0.1, 0.15) is 11.3 Å². The molecular weight excluding hydrogens is 288 g/mol. The molecule has 5 nitrogen and oxygen atoms in total. The first-order valence-corrected chi connectivity index (χ1v) is 7.52. The maximum atomic E-state index is 5.67. The minimum atomic E-state index is 0.514. The first-order valence-electron chi connectivity index (χ1n) is 7.52. The zero-order chi connectivity index (χ0) is 15.5. The highest BCUT2D eigenvalue weighted by Gasteiger charge is 2.07. The van der Waals surface area contributed by atoms with Crippen molar-refractivity contribution in [3.63, 3.8) is 0 Å². The van der Waals surface area contributed by atoms with E-state index in [1.807, 2.05) is 54.9 Å². The minimum Gasteiger partial charge on any atom is -0.424 e. The largest absolute Gasteiger partial charge is 0.424 e. The number of nitrogens with one attached hydrogen (secondary N) is 1. The molecule has 0 spiro atoms. The number of hydrogen-bond acceptors (Lipinski definition) is 4. The van der Waals surface area contributed by atoms with Crippen LogP contribution in [0, 0.1) is 0 Å².